The van der Waals surface area contributed by atoms with Crippen LogP contribution in [0.2, 0.25) is 0 Å². The number of nitrogens with one attached hydrogen (secondary N) is 3. The van der Waals surface area contributed by atoms with Gasteiger partial charge in [-0.05, 0) is 140 Å². The number of hydrogen-bond donors (Lipinski definition) is 3. The molecule has 582 valence electrons. The standard InChI is InChI=1S/C74H117F6N11O12/c1-13-44(5)63-70(100)85(8)43-61(94)87(10)55-25-18-17-21-34-90(69(55)99)58(39-47-26-29-50(75)30-27-47)68(98)84(7)42-59(92)81-54(31-28-48-36-52(76)62(53(77)37-48)74(78,79)80)67(97)91-41-51(103-16-4)40-57(91)66(96)83-73(32-22-33-73)72(102)89(12)64(49(14-2)15-3)71(101)86(9)45(6)35-60(93)88(11)56(65(95)82-63)38-46-23-19-20-24-46/h17-18,44-58,62-64H,13-16,19-43H2,1-12H3,(H,81,92)(H,82,95)(H,83,96)/b18-17-/t44-,45+,47?,48?,50?,51+,52?,53?,54-,55-,56-,57-,58-,62?,63-,64-/m0/s1. The van der Waals surface area contributed by atoms with E-state index in [0.29, 0.717) is 38.5 Å². The van der Waals surface area contributed by atoms with E-state index in [4.69, 9.17) is 4.74 Å². The summed E-state index contributed by atoms with van der Waals surface area (Å²) < 4.78 is 93.4. The molecule has 2 unspecified atom stereocenters. The summed E-state index contributed by atoms with van der Waals surface area (Å²) in [5.74, 6) is -12.4. The van der Waals surface area contributed by atoms with E-state index >= 15 is 37.5 Å². The molecule has 29 heteroatoms. The maximum Gasteiger partial charge on any atom is 0.397 e. The van der Waals surface area contributed by atoms with Crippen molar-refractivity contribution in [2.24, 2.45) is 35.5 Å². The number of carbonyl (C=O) groups is 11. The highest BCUT2D eigenvalue weighted by molar-refractivity contribution is 6.00. The lowest BCUT2D eigenvalue weighted by atomic mass is 9.74. The van der Waals surface area contributed by atoms with Crippen LogP contribution in [0.25, 0.3) is 0 Å². The highest BCUT2D eigenvalue weighted by Crippen LogP contribution is 2.45. The van der Waals surface area contributed by atoms with Crippen LogP contribution in [0.15, 0.2) is 12.2 Å². The Bertz CT molecular complexity index is 2990. The van der Waals surface area contributed by atoms with Crippen LogP contribution in [-0.4, -0.2) is 264 Å². The van der Waals surface area contributed by atoms with Crippen LogP contribution >= 0.6 is 0 Å². The van der Waals surface area contributed by atoms with E-state index in [9.17, 15) is 41.5 Å². The summed E-state index contributed by atoms with van der Waals surface area (Å²) in [7, 11) is 8.67. The van der Waals surface area contributed by atoms with E-state index in [0.717, 1.165) is 30.6 Å². The van der Waals surface area contributed by atoms with Crippen LogP contribution in [0, 0.1) is 35.5 Å². The average Bonchev–Trinajstić information content (AvgIpc) is 1.65. The van der Waals surface area contributed by atoms with Crippen molar-refractivity contribution in [1.29, 1.82) is 0 Å². The van der Waals surface area contributed by atoms with Gasteiger partial charge in [0.1, 0.15) is 72.3 Å². The van der Waals surface area contributed by atoms with Crippen molar-refractivity contribution < 1.29 is 83.8 Å². The van der Waals surface area contributed by atoms with E-state index in [1.165, 1.54) is 76.6 Å². The SMILES string of the molecule is CCO[C@@H]1C[C@H]2C(=O)NC3(CCC3)C(=O)N(C)[C@@H](C(CC)CC)C(=O)N(C)[C@H](C)CC(=O)N(C)[C@@H](CC3CCCC3)C(=O)N[C@@H]([C@@H](C)CC)C(=O)N(C)CC(=O)N(C)[C@H]3C/C=C\CCN(C3=O)[C@@H](CC3CCC(F)CC3)C(=O)N(C)CC(=O)N[C@@H](CCC3CC(F)C(C(F)(F)F)C(F)C3)C(=O)N2C1. The van der Waals surface area contributed by atoms with Crippen LogP contribution in [0.1, 0.15) is 196 Å². The van der Waals surface area contributed by atoms with Gasteiger partial charge in [0.25, 0.3) is 0 Å². The lowest BCUT2D eigenvalue weighted by Crippen LogP contribution is -2.68. The molecule has 11 amide bonds. The number of carbonyl (C=O) groups excluding carboxylic acids is 11. The molecule has 0 radical (unpaired) electrons. The van der Waals surface area contributed by atoms with Gasteiger partial charge in [0.15, 0.2) is 0 Å². The topological polar surface area (TPSA) is 259 Å². The molecular weight excluding hydrogens is 1350 g/mol. The molecule has 3 aliphatic heterocycles. The van der Waals surface area contributed by atoms with Gasteiger partial charge < -0.3 is 59.9 Å². The Morgan fingerprint density at radius 1 is 0.602 bits per heavy atom. The molecular formula is C74H117F6N11O12. The van der Waals surface area contributed by atoms with Crippen LogP contribution in [0.5, 0.6) is 0 Å². The lowest BCUT2D eigenvalue weighted by molar-refractivity contribution is -0.219. The zero-order valence-electron chi connectivity index (χ0n) is 62.8. The molecule has 3 heterocycles. The fraction of sp³-hybridized carbons (Fsp3) is 0.824. The number of alkyl halides is 6. The van der Waals surface area contributed by atoms with Crippen LogP contribution in [0.3, 0.4) is 0 Å². The van der Waals surface area contributed by atoms with Gasteiger partial charge in [-0.1, -0.05) is 84.8 Å². The fourth-order valence-corrected chi connectivity index (χ4v) is 16.8. The molecule has 0 aromatic carbocycles. The van der Waals surface area contributed by atoms with Gasteiger partial charge in [0, 0.05) is 80.9 Å². The second kappa shape index (κ2) is 37.1. The Kier molecular flexibility index (Phi) is 30.2. The molecule has 4 saturated carbocycles. The van der Waals surface area contributed by atoms with Crippen molar-refractivity contribution >= 4 is 65.0 Å². The van der Waals surface area contributed by atoms with E-state index in [1.807, 2.05) is 20.8 Å². The largest absolute Gasteiger partial charge is 0.397 e. The normalized spacial score (nSPS) is 32.8. The molecule has 0 aromatic rings. The van der Waals surface area contributed by atoms with Crippen molar-refractivity contribution in [3.05, 3.63) is 12.2 Å². The van der Waals surface area contributed by atoms with E-state index < -0.39 is 206 Å². The first kappa shape index (κ1) is 83.7. The Morgan fingerprint density at radius 3 is 1.80 bits per heavy atom. The molecule has 12 atom stereocenters. The number of fused-ring (bicyclic) bond motifs is 3. The second-order valence-electron chi connectivity index (χ2n) is 30.9. The third kappa shape index (κ3) is 20.5. The minimum atomic E-state index is -5.17. The van der Waals surface area contributed by atoms with Crippen LogP contribution in [-0.2, 0) is 57.5 Å². The average molecular weight is 1470 g/mol. The smallest absolute Gasteiger partial charge is 0.377 e. The highest BCUT2D eigenvalue weighted by Gasteiger charge is 2.56. The quantitative estimate of drug-likeness (QED) is 0.115. The summed E-state index contributed by atoms with van der Waals surface area (Å²) in [5.41, 5.74) is -1.59. The van der Waals surface area contributed by atoms with Gasteiger partial charge in [-0.2, -0.15) is 13.2 Å². The summed E-state index contributed by atoms with van der Waals surface area (Å²) >= 11 is 0. The highest BCUT2D eigenvalue weighted by atomic mass is 19.4. The molecule has 4 aliphatic carbocycles. The van der Waals surface area contributed by atoms with Gasteiger partial charge in [0.2, 0.25) is 65.0 Å². The molecule has 1 spiro atoms. The Labute approximate surface area is 604 Å². The summed E-state index contributed by atoms with van der Waals surface area (Å²) in [6, 6.07) is -9.68. The van der Waals surface area contributed by atoms with Crippen LogP contribution < -0.4 is 16.0 Å². The van der Waals surface area contributed by atoms with Crippen LogP contribution in [0.4, 0.5) is 26.3 Å². The number of likely N-dealkylation sites (N-methyl/N-ethyl adjacent to an activating group) is 6. The van der Waals surface area contributed by atoms with Gasteiger partial charge >= 0.3 is 6.18 Å². The van der Waals surface area contributed by atoms with Crippen molar-refractivity contribution in [2.75, 3.05) is 75.1 Å². The first-order chi connectivity index (χ1) is 48.6. The monoisotopic (exact) mass is 1470 g/mol. The predicted molar refractivity (Wildman–Crippen MR) is 373 cm³/mol. The molecule has 2 saturated heterocycles. The number of nitrogens with zero attached hydrogens (tertiary/aromatic N) is 8. The number of hydrogen-bond acceptors (Lipinski definition) is 12. The number of halogens is 6. The summed E-state index contributed by atoms with van der Waals surface area (Å²) in [6.45, 7) is 9.35. The van der Waals surface area contributed by atoms with Crippen molar-refractivity contribution in [3.63, 3.8) is 0 Å². The minimum Gasteiger partial charge on any atom is -0.377 e. The van der Waals surface area contributed by atoms with E-state index in [2.05, 4.69) is 16.0 Å². The molecule has 3 N–H and O–H groups in total. The number of rotatable bonds is 14. The Balaban J connectivity index is 1.29. The Hall–Kier alpha value is -6.55. The fourth-order valence-electron chi connectivity index (χ4n) is 16.8. The summed E-state index contributed by atoms with van der Waals surface area (Å²) in [6.07, 6.45) is -3.91. The minimum absolute atomic E-state index is 0.00998. The van der Waals surface area contributed by atoms with Gasteiger partial charge in [0.05, 0.1) is 19.2 Å². The molecule has 6 fully saturated rings. The van der Waals surface area contributed by atoms with Gasteiger partial charge in [-0.25, -0.2) is 13.2 Å². The van der Waals surface area contributed by atoms with Crippen molar-refractivity contribution in [1.82, 2.24) is 55.1 Å². The predicted octanol–water partition coefficient (Wildman–Crippen LogP) is 7.22. The maximum absolute atomic E-state index is 15.5. The molecule has 7 aliphatic rings. The number of amides is 11. The molecule has 7 rings (SSSR count). The molecule has 103 heavy (non-hydrogen) atoms. The van der Waals surface area contributed by atoms with Gasteiger partial charge in [-0.15, -0.1) is 0 Å². The third-order valence-corrected chi connectivity index (χ3v) is 23.9. The van der Waals surface area contributed by atoms with Gasteiger partial charge in [-0.3, -0.25) is 52.7 Å². The van der Waals surface area contributed by atoms with E-state index in [1.54, 1.807) is 32.9 Å². The van der Waals surface area contributed by atoms with Crippen molar-refractivity contribution in [2.45, 2.75) is 280 Å². The number of ether oxygens (including phenoxy) is 1. The zero-order valence-corrected chi connectivity index (χ0v) is 62.8. The summed E-state index contributed by atoms with van der Waals surface area (Å²) in [4.78, 5) is 176. The molecule has 23 nitrogen and oxygen atoms in total. The first-order valence-corrected chi connectivity index (χ1v) is 37.9. The second-order valence-corrected chi connectivity index (χ2v) is 30.9. The first-order valence-electron chi connectivity index (χ1n) is 37.9. The lowest BCUT2D eigenvalue weighted by Gasteiger charge is -2.47. The molecule has 0 aromatic heterocycles. The molecule has 2 bridgehead atoms. The van der Waals surface area contributed by atoms with Crippen molar-refractivity contribution in [3.8, 4) is 0 Å². The zero-order chi connectivity index (χ0) is 76.1. The maximum atomic E-state index is 15.5. The summed E-state index contributed by atoms with van der Waals surface area (Å²) in [5, 5.41) is 8.64. The third-order valence-electron chi connectivity index (χ3n) is 23.9. The Morgan fingerprint density at radius 2 is 1.21 bits per heavy atom. The van der Waals surface area contributed by atoms with E-state index in [-0.39, 0.29) is 102 Å².